The van der Waals surface area contributed by atoms with Gasteiger partial charge in [-0.1, -0.05) is 6.42 Å². The van der Waals surface area contributed by atoms with E-state index >= 15 is 0 Å². The van der Waals surface area contributed by atoms with Crippen molar-refractivity contribution in [1.29, 1.82) is 0 Å². The maximum Gasteiger partial charge on any atom is 0.283 e. The van der Waals surface area contributed by atoms with Gasteiger partial charge in [0, 0.05) is 25.0 Å². The lowest BCUT2D eigenvalue weighted by Crippen LogP contribution is -2.34. The molecule has 2 N–H and O–H groups in total. The van der Waals surface area contributed by atoms with E-state index in [9.17, 15) is 9.59 Å². The van der Waals surface area contributed by atoms with Crippen LogP contribution in [0.5, 0.6) is 0 Å². The van der Waals surface area contributed by atoms with Gasteiger partial charge in [-0.3, -0.25) is 14.6 Å². The molecule has 2 aromatic heterocycles. The van der Waals surface area contributed by atoms with Crippen LogP contribution in [0, 0.1) is 11.8 Å². The van der Waals surface area contributed by atoms with E-state index in [1.807, 2.05) is 12.1 Å². The number of hydrogen-bond donors (Lipinski definition) is 2. The van der Waals surface area contributed by atoms with E-state index in [1.165, 1.54) is 23.9 Å². The summed E-state index contributed by atoms with van der Waals surface area (Å²) in [6.07, 6.45) is 10.0. The lowest BCUT2D eigenvalue weighted by atomic mass is 9.95. The zero-order valence-electron chi connectivity index (χ0n) is 14.9. The SMILES string of the molecule is O=C(Cn1ncc(NC2CC3CCC2C3)c(Br)c1=O)NCc1ccncc1. The Balaban J connectivity index is 1.38. The maximum atomic E-state index is 12.6. The average molecular weight is 432 g/mol. The van der Waals surface area contributed by atoms with Gasteiger partial charge in [0.05, 0.1) is 11.9 Å². The first-order valence-corrected chi connectivity index (χ1v) is 10.1. The van der Waals surface area contributed by atoms with Crippen LogP contribution >= 0.6 is 15.9 Å². The third-order valence-electron chi connectivity index (χ3n) is 5.60. The van der Waals surface area contributed by atoms with Crippen molar-refractivity contribution in [2.45, 2.75) is 44.8 Å². The predicted octanol–water partition coefficient (Wildman–Crippen LogP) is 2.32. The summed E-state index contributed by atoms with van der Waals surface area (Å²) in [6.45, 7) is 0.276. The predicted molar refractivity (Wildman–Crippen MR) is 105 cm³/mol. The zero-order valence-corrected chi connectivity index (χ0v) is 16.5. The molecule has 2 saturated carbocycles. The Morgan fingerprint density at radius 3 is 2.78 bits per heavy atom. The summed E-state index contributed by atoms with van der Waals surface area (Å²) in [6, 6.07) is 4.08. The van der Waals surface area contributed by atoms with Crippen LogP contribution in [-0.4, -0.2) is 26.7 Å². The van der Waals surface area contributed by atoms with Crippen molar-refractivity contribution in [3.8, 4) is 0 Å². The largest absolute Gasteiger partial charge is 0.380 e. The number of carbonyl (C=O) groups is 1. The first kappa shape index (κ1) is 18.2. The Hall–Kier alpha value is -2.22. The topological polar surface area (TPSA) is 88.9 Å². The van der Waals surface area contributed by atoms with Crippen molar-refractivity contribution < 1.29 is 4.79 Å². The Labute approximate surface area is 165 Å². The van der Waals surface area contributed by atoms with Crippen LogP contribution in [0.4, 0.5) is 5.69 Å². The molecule has 27 heavy (non-hydrogen) atoms. The number of pyridine rings is 1. The van der Waals surface area contributed by atoms with Crippen LogP contribution in [-0.2, 0) is 17.9 Å². The van der Waals surface area contributed by atoms with Crippen molar-refractivity contribution in [2.75, 3.05) is 5.32 Å². The highest BCUT2D eigenvalue weighted by Gasteiger charge is 2.39. The molecule has 2 heterocycles. The quantitative estimate of drug-likeness (QED) is 0.732. The van der Waals surface area contributed by atoms with Gasteiger partial charge < -0.3 is 10.6 Å². The van der Waals surface area contributed by atoms with Crippen molar-refractivity contribution in [1.82, 2.24) is 20.1 Å². The molecule has 2 fully saturated rings. The number of amides is 1. The minimum Gasteiger partial charge on any atom is -0.380 e. The molecule has 2 aliphatic rings. The molecule has 8 heteroatoms. The summed E-state index contributed by atoms with van der Waals surface area (Å²) in [7, 11) is 0. The number of carbonyl (C=O) groups excluding carboxylic acids is 1. The second-order valence-corrected chi connectivity index (χ2v) is 8.19. The molecule has 0 radical (unpaired) electrons. The van der Waals surface area contributed by atoms with Crippen LogP contribution in [0.3, 0.4) is 0 Å². The van der Waals surface area contributed by atoms with Gasteiger partial charge in [0.1, 0.15) is 11.0 Å². The lowest BCUT2D eigenvalue weighted by Gasteiger charge is -2.24. The highest BCUT2D eigenvalue weighted by molar-refractivity contribution is 9.10. The van der Waals surface area contributed by atoms with E-state index in [1.54, 1.807) is 18.6 Å². The van der Waals surface area contributed by atoms with E-state index in [0.29, 0.717) is 28.7 Å². The van der Waals surface area contributed by atoms with Crippen molar-refractivity contribution in [3.05, 3.63) is 51.1 Å². The average Bonchev–Trinajstić information content (AvgIpc) is 3.30. The van der Waals surface area contributed by atoms with Gasteiger partial charge in [-0.05, 0) is 64.7 Å². The molecule has 3 unspecified atom stereocenters. The van der Waals surface area contributed by atoms with Crippen LogP contribution in [0.15, 0.2) is 40.0 Å². The number of rotatable bonds is 6. The fraction of sp³-hybridized carbons (Fsp3) is 0.474. The number of fused-ring (bicyclic) bond motifs is 2. The van der Waals surface area contributed by atoms with Gasteiger partial charge in [-0.25, -0.2) is 4.68 Å². The first-order chi connectivity index (χ1) is 13.1. The number of nitrogens with zero attached hydrogens (tertiary/aromatic N) is 3. The molecule has 142 valence electrons. The van der Waals surface area contributed by atoms with Gasteiger partial charge in [-0.2, -0.15) is 5.10 Å². The smallest absolute Gasteiger partial charge is 0.283 e. The van der Waals surface area contributed by atoms with Gasteiger partial charge in [0.15, 0.2) is 0 Å². The maximum absolute atomic E-state index is 12.6. The molecular formula is C19H22BrN5O2. The highest BCUT2D eigenvalue weighted by Crippen LogP contribution is 2.45. The Morgan fingerprint density at radius 2 is 2.07 bits per heavy atom. The van der Waals surface area contributed by atoms with Gasteiger partial charge in [0.2, 0.25) is 5.91 Å². The van der Waals surface area contributed by atoms with E-state index in [0.717, 1.165) is 17.9 Å². The van der Waals surface area contributed by atoms with Crippen molar-refractivity contribution in [2.24, 2.45) is 11.8 Å². The minimum absolute atomic E-state index is 0.114. The van der Waals surface area contributed by atoms with Crippen LogP contribution < -0.4 is 16.2 Å². The first-order valence-electron chi connectivity index (χ1n) is 9.28. The van der Waals surface area contributed by atoms with E-state index in [2.05, 4.69) is 36.6 Å². The summed E-state index contributed by atoms with van der Waals surface area (Å²) >= 11 is 3.38. The molecular weight excluding hydrogens is 410 g/mol. The Kier molecular flexibility index (Phi) is 5.24. The standard InChI is InChI=1S/C19H22BrN5O2/c20-18-16(24-15-8-13-1-2-14(15)7-13)10-23-25(19(18)27)11-17(26)22-9-12-3-5-21-6-4-12/h3-6,10,13-15,24H,1-2,7-9,11H2,(H,22,26). The van der Waals surface area contributed by atoms with Crippen molar-refractivity contribution >= 4 is 27.5 Å². The molecule has 4 rings (SSSR count). The second-order valence-electron chi connectivity index (χ2n) is 7.39. The van der Waals surface area contributed by atoms with Crippen LogP contribution in [0.25, 0.3) is 0 Å². The van der Waals surface area contributed by atoms with Gasteiger partial charge >= 0.3 is 0 Å². The van der Waals surface area contributed by atoms with Gasteiger partial charge in [-0.15, -0.1) is 0 Å². The summed E-state index contributed by atoms with van der Waals surface area (Å²) in [4.78, 5) is 28.6. The van der Waals surface area contributed by atoms with Crippen LogP contribution in [0.1, 0.15) is 31.2 Å². The lowest BCUT2D eigenvalue weighted by molar-refractivity contribution is -0.122. The molecule has 2 aliphatic carbocycles. The molecule has 0 saturated heterocycles. The van der Waals surface area contributed by atoms with E-state index in [-0.39, 0.29) is 18.0 Å². The fourth-order valence-corrected chi connectivity index (χ4v) is 4.61. The highest BCUT2D eigenvalue weighted by atomic mass is 79.9. The molecule has 3 atom stereocenters. The Morgan fingerprint density at radius 1 is 1.26 bits per heavy atom. The second kappa shape index (κ2) is 7.80. The minimum atomic E-state index is -0.304. The third kappa shape index (κ3) is 4.05. The summed E-state index contributed by atoms with van der Waals surface area (Å²) in [5.74, 6) is 1.26. The van der Waals surface area contributed by atoms with E-state index in [4.69, 9.17) is 0 Å². The molecule has 2 bridgehead atoms. The van der Waals surface area contributed by atoms with E-state index < -0.39 is 0 Å². The number of anilines is 1. The molecule has 1 amide bonds. The monoisotopic (exact) mass is 431 g/mol. The summed E-state index contributed by atoms with van der Waals surface area (Å²) < 4.78 is 1.61. The zero-order chi connectivity index (χ0) is 18.8. The molecule has 0 aromatic carbocycles. The molecule has 7 nitrogen and oxygen atoms in total. The van der Waals surface area contributed by atoms with Crippen LogP contribution in [0.2, 0.25) is 0 Å². The molecule has 2 aromatic rings. The normalized spacial score (nSPS) is 23.4. The van der Waals surface area contributed by atoms with Crippen molar-refractivity contribution in [3.63, 3.8) is 0 Å². The number of hydrogen-bond acceptors (Lipinski definition) is 5. The van der Waals surface area contributed by atoms with Gasteiger partial charge in [0.25, 0.3) is 5.56 Å². The summed E-state index contributed by atoms with van der Waals surface area (Å²) in [5, 5.41) is 10.4. The third-order valence-corrected chi connectivity index (χ3v) is 6.36. The number of halogens is 1. The molecule has 0 spiro atoms. The number of aromatic nitrogens is 3. The summed E-state index contributed by atoms with van der Waals surface area (Å²) in [5.41, 5.74) is 1.36. The number of nitrogens with one attached hydrogen (secondary N) is 2. The Bertz CT molecular complexity index is 885. The fourth-order valence-electron chi connectivity index (χ4n) is 4.19. The molecule has 0 aliphatic heterocycles.